The Morgan fingerprint density at radius 3 is 2.72 bits per heavy atom. The van der Waals surface area contributed by atoms with E-state index in [2.05, 4.69) is 39.1 Å². The van der Waals surface area contributed by atoms with Crippen LogP contribution in [0.2, 0.25) is 0 Å². The van der Waals surface area contributed by atoms with Crippen LogP contribution in [0.1, 0.15) is 25.3 Å². The van der Waals surface area contributed by atoms with E-state index in [0.29, 0.717) is 6.54 Å². The molecule has 1 aromatic carbocycles. The van der Waals surface area contributed by atoms with E-state index >= 15 is 0 Å². The van der Waals surface area contributed by atoms with Crippen molar-refractivity contribution >= 4 is 17.4 Å². The second kappa shape index (κ2) is 7.31. The van der Waals surface area contributed by atoms with Crippen LogP contribution in [-0.2, 0) is 11.2 Å². The van der Waals surface area contributed by atoms with Crippen molar-refractivity contribution in [2.24, 2.45) is 5.92 Å². The molecule has 7 nitrogen and oxygen atoms in total. The maximum atomic E-state index is 13.4. The summed E-state index contributed by atoms with van der Waals surface area (Å²) in [5.41, 5.74) is 2.34. The Hall–Kier alpha value is -3.22. The maximum Gasteiger partial charge on any atom is 0.232 e. The van der Waals surface area contributed by atoms with Crippen molar-refractivity contribution in [2.45, 2.75) is 32.2 Å². The summed E-state index contributed by atoms with van der Waals surface area (Å²) in [6.07, 6.45) is 8.09. The molecule has 4 heterocycles. The van der Waals surface area contributed by atoms with Crippen LogP contribution in [0.4, 0.5) is 11.5 Å². The highest BCUT2D eigenvalue weighted by Crippen LogP contribution is 2.34. The highest BCUT2D eigenvalue weighted by molar-refractivity contribution is 5.98. The summed E-state index contributed by atoms with van der Waals surface area (Å²) >= 11 is 0. The van der Waals surface area contributed by atoms with Gasteiger partial charge in [-0.3, -0.25) is 9.36 Å². The lowest BCUT2D eigenvalue weighted by molar-refractivity contribution is -0.122. The molecular weight excluding hydrogens is 364 g/mol. The van der Waals surface area contributed by atoms with Crippen LogP contribution in [0.15, 0.2) is 55.1 Å². The summed E-state index contributed by atoms with van der Waals surface area (Å²) in [4.78, 5) is 21.7. The van der Waals surface area contributed by atoms with Crippen LogP contribution in [0.25, 0.3) is 5.82 Å². The maximum absolute atomic E-state index is 13.4. The monoisotopic (exact) mass is 388 g/mol. The lowest BCUT2D eigenvalue weighted by Gasteiger charge is -2.35. The number of carbonyl (C=O) groups is 1. The third-order valence-corrected chi connectivity index (χ3v) is 5.94. The largest absolute Gasteiger partial charge is 0.354 e. The molecule has 2 atom stereocenters. The number of nitrogens with zero attached hydrogens (tertiary/aromatic N) is 6. The third-order valence-electron chi connectivity index (χ3n) is 5.94. The summed E-state index contributed by atoms with van der Waals surface area (Å²) < 4.78 is 1.82. The van der Waals surface area contributed by atoms with Gasteiger partial charge in [-0.1, -0.05) is 18.2 Å². The Balaban J connectivity index is 1.32. The smallest absolute Gasteiger partial charge is 0.232 e. The molecule has 2 aliphatic heterocycles. The highest BCUT2D eigenvalue weighted by atomic mass is 16.2. The molecule has 1 amide bonds. The minimum atomic E-state index is -0.0209. The molecule has 3 aromatic rings. The quantitative estimate of drug-likeness (QED) is 0.690. The molecule has 0 N–H and O–H groups in total. The van der Waals surface area contributed by atoms with Crippen molar-refractivity contribution in [2.75, 3.05) is 22.9 Å². The van der Waals surface area contributed by atoms with Crippen LogP contribution in [-0.4, -0.2) is 44.8 Å². The molecule has 2 aromatic heterocycles. The first-order valence-corrected chi connectivity index (χ1v) is 10.2. The summed E-state index contributed by atoms with van der Waals surface area (Å²) in [5.74, 6) is 1.77. The summed E-state index contributed by atoms with van der Waals surface area (Å²) in [7, 11) is 0. The predicted molar refractivity (Wildman–Crippen MR) is 111 cm³/mol. The standard InChI is InChI=1S/C22H24N6O/c1-16-13-17-5-2-3-7-19(17)28(16)22(29)18-6-4-11-26(14-18)20-8-9-21(25-24-20)27-12-10-23-15-27/h2-3,5,7-10,12,15-16,18H,4,6,11,13-14H2,1H3. The third kappa shape index (κ3) is 3.26. The molecule has 0 radical (unpaired) electrons. The van der Waals surface area contributed by atoms with Gasteiger partial charge in [-0.05, 0) is 49.9 Å². The topological polar surface area (TPSA) is 67.2 Å². The van der Waals surface area contributed by atoms with Crippen molar-refractivity contribution in [3.8, 4) is 5.82 Å². The van der Waals surface area contributed by atoms with Gasteiger partial charge in [0.15, 0.2) is 11.6 Å². The van der Waals surface area contributed by atoms with Gasteiger partial charge in [0.25, 0.3) is 0 Å². The van der Waals surface area contributed by atoms with Crippen LogP contribution in [0, 0.1) is 5.92 Å². The zero-order chi connectivity index (χ0) is 19.8. The lowest BCUT2D eigenvalue weighted by atomic mass is 9.96. The number of carbonyl (C=O) groups excluding carboxylic acids is 1. The SMILES string of the molecule is CC1Cc2ccccc2N1C(=O)C1CCCN(c2ccc(-n3ccnc3)nn2)C1. The number of para-hydroxylation sites is 1. The molecule has 0 saturated carbocycles. The highest BCUT2D eigenvalue weighted by Gasteiger charge is 2.36. The minimum absolute atomic E-state index is 0.0209. The summed E-state index contributed by atoms with van der Waals surface area (Å²) in [6.45, 7) is 3.72. The van der Waals surface area contributed by atoms with E-state index in [1.165, 1.54) is 5.56 Å². The molecule has 0 bridgehead atoms. The van der Waals surface area contributed by atoms with Crippen LogP contribution >= 0.6 is 0 Å². The molecule has 148 valence electrons. The van der Waals surface area contributed by atoms with Gasteiger partial charge in [0, 0.05) is 37.2 Å². The van der Waals surface area contributed by atoms with E-state index in [1.54, 1.807) is 12.5 Å². The number of aromatic nitrogens is 4. The average Bonchev–Trinajstić information content (AvgIpc) is 3.41. The number of imidazole rings is 1. The number of hydrogen-bond donors (Lipinski definition) is 0. The Labute approximate surface area is 170 Å². The van der Waals surface area contributed by atoms with Gasteiger partial charge < -0.3 is 9.80 Å². The molecule has 7 heteroatoms. The molecule has 5 rings (SSSR count). The molecule has 1 saturated heterocycles. The van der Waals surface area contributed by atoms with E-state index in [9.17, 15) is 4.79 Å². The number of anilines is 2. The van der Waals surface area contributed by atoms with Crippen molar-refractivity contribution in [3.63, 3.8) is 0 Å². The Bertz CT molecular complexity index is 1000. The summed E-state index contributed by atoms with van der Waals surface area (Å²) in [5, 5.41) is 8.72. The van der Waals surface area contributed by atoms with E-state index in [4.69, 9.17) is 0 Å². The molecule has 2 aliphatic rings. The second-order valence-corrected chi connectivity index (χ2v) is 7.89. The Kier molecular flexibility index (Phi) is 4.50. The van der Waals surface area contributed by atoms with Crippen molar-refractivity contribution in [1.29, 1.82) is 0 Å². The van der Waals surface area contributed by atoms with Gasteiger partial charge in [0.2, 0.25) is 5.91 Å². The van der Waals surface area contributed by atoms with Gasteiger partial charge in [-0.15, -0.1) is 10.2 Å². The van der Waals surface area contributed by atoms with Gasteiger partial charge in [0.1, 0.15) is 6.33 Å². The molecule has 29 heavy (non-hydrogen) atoms. The zero-order valence-electron chi connectivity index (χ0n) is 16.5. The number of benzene rings is 1. The second-order valence-electron chi connectivity index (χ2n) is 7.89. The van der Waals surface area contributed by atoms with Crippen LogP contribution in [0.3, 0.4) is 0 Å². The number of rotatable bonds is 3. The van der Waals surface area contributed by atoms with Crippen molar-refractivity contribution < 1.29 is 4.79 Å². The fraction of sp³-hybridized carbons (Fsp3) is 0.364. The number of piperidine rings is 1. The minimum Gasteiger partial charge on any atom is -0.354 e. The van der Waals surface area contributed by atoms with Gasteiger partial charge >= 0.3 is 0 Å². The zero-order valence-corrected chi connectivity index (χ0v) is 16.5. The van der Waals surface area contributed by atoms with E-state index in [1.807, 2.05) is 39.9 Å². The fourth-order valence-electron chi connectivity index (χ4n) is 4.50. The Morgan fingerprint density at radius 1 is 1.10 bits per heavy atom. The molecule has 0 aliphatic carbocycles. The predicted octanol–water partition coefficient (Wildman–Crippen LogP) is 2.86. The molecular formula is C22H24N6O. The van der Waals surface area contributed by atoms with Crippen molar-refractivity contribution in [1.82, 2.24) is 19.7 Å². The van der Waals surface area contributed by atoms with Gasteiger partial charge in [0.05, 0.1) is 5.92 Å². The number of amides is 1. The average molecular weight is 388 g/mol. The van der Waals surface area contributed by atoms with Gasteiger partial charge in [-0.2, -0.15) is 0 Å². The Morgan fingerprint density at radius 2 is 1.93 bits per heavy atom. The first-order valence-electron chi connectivity index (χ1n) is 10.2. The normalized spacial score (nSPS) is 21.3. The fourth-order valence-corrected chi connectivity index (χ4v) is 4.50. The molecule has 2 unspecified atom stereocenters. The number of hydrogen-bond acceptors (Lipinski definition) is 5. The first kappa shape index (κ1) is 17.8. The lowest BCUT2D eigenvalue weighted by Crippen LogP contribution is -2.47. The summed E-state index contributed by atoms with van der Waals surface area (Å²) in [6, 6.07) is 12.4. The van der Waals surface area contributed by atoms with Gasteiger partial charge in [-0.25, -0.2) is 4.98 Å². The van der Waals surface area contributed by atoms with Crippen LogP contribution < -0.4 is 9.80 Å². The molecule has 0 spiro atoms. The van der Waals surface area contributed by atoms with Crippen molar-refractivity contribution in [3.05, 3.63) is 60.7 Å². The van der Waals surface area contributed by atoms with Crippen LogP contribution in [0.5, 0.6) is 0 Å². The van der Waals surface area contributed by atoms with E-state index < -0.39 is 0 Å². The number of fused-ring (bicyclic) bond motifs is 1. The molecule has 1 fully saturated rings. The van der Waals surface area contributed by atoms with E-state index in [-0.39, 0.29) is 17.9 Å². The van der Waals surface area contributed by atoms with E-state index in [0.717, 1.165) is 43.1 Å². The first-order chi connectivity index (χ1) is 14.2.